The summed E-state index contributed by atoms with van der Waals surface area (Å²) in [6, 6.07) is 50.6. The highest BCUT2D eigenvalue weighted by Crippen LogP contribution is 2.59. The Bertz CT molecular complexity index is 2040. The molecular weight excluding hydrogens is 530 g/mol. The lowest BCUT2D eigenvalue weighted by Gasteiger charge is -2.40. The van der Waals surface area contributed by atoms with E-state index in [9.17, 15) is 0 Å². The Morgan fingerprint density at radius 1 is 0.500 bits per heavy atom. The van der Waals surface area contributed by atoms with Crippen molar-refractivity contribution in [2.75, 3.05) is 6.54 Å². The van der Waals surface area contributed by atoms with Gasteiger partial charge < -0.3 is 0 Å². The van der Waals surface area contributed by atoms with Gasteiger partial charge in [0.2, 0.25) is 0 Å². The molecule has 6 aromatic rings. The fourth-order valence-corrected chi connectivity index (χ4v) is 8.61. The summed E-state index contributed by atoms with van der Waals surface area (Å²) < 4.78 is 0. The maximum Gasteiger partial charge on any atom is 0.0719 e. The highest BCUT2D eigenvalue weighted by molar-refractivity contribution is 5.87. The highest BCUT2D eigenvalue weighted by Gasteiger charge is 2.49. The first-order chi connectivity index (χ1) is 21.8. The Kier molecular flexibility index (Phi) is 5.80. The molecule has 0 aromatic heterocycles. The molecule has 1 spiro atoms. The van der Waals surface area contributed by atoms with Gasteiger partial charge in [-0.2, -0.15) is 0 Å². The number of nitrogens with zero attached hydrogens (tertiary/aromatic N) is 1. The van der Waals surface area contributed by atoms with E-state index in [0.717, 1.165) is 32.5 Å². The lowest BCUT2D eigenvalue weighted by molar-refractivity contribution is 0.271. The molecule has 0 radical (unpaired) electrons. The second-order valence-electron chi connectivity index (χ2n) is 12.8. The van der Waals surface area contributed by atoms with Gasteiger partial charge in [-0.25, -0.2) is 0 Å². The van der Waals surface area contributed by atoms with E-state index in [0.29, 0.717) is 0 Å². The molecule has 0 aliphatic heterocycles. The molecule has 3 aliphatic carbocycles. The van der Waals surface area contributed by atoms with E-state index in [2.05, 4.69) is 145 Å². The van der Waals surface area contributed by atoms with Gasteiger partial charge in [-0.1, -0.05) is 140 Å². The molecule has 0 heterocycles. The summed E-state index contributed by atoms with van der Waals surface area (Å²) in [6.45, 7) is 5.18. The zero-order valence-electron chi connectivity index (χ0n) is 25.2. The van der Waals surface area contributed by atoms with Crippen molar-refractivity contribution in [3.05, 3.63) is 189 Å². The van der Waals surface area contributed by atoms with E-state index in [1.165, 1.54) is 77.9 Å². The summed E-state index contributed by atoms with van der Waals surface area (Å²) in [7, 11) is 0. The van der Waals surface area contributed by atoms with Gasteiger partial charge in [0.15, 0.2) is 0 Å². The van der Waals surface area contributed by atoms with Crippen molar-refractivity contribution in [2.24, 2.45) is 0 Å². The zero-order valence-corrected chi connectivity index (χ0v) is 25.2. The lowest BCUT2D eigenvalue weighted by Crippen LogP contribution is -2.34. The average Bonchev–Trinajstić information content (AvgIpc) is 3.60. The van der Waals surface area contributed by atoms with E-state index in [4.69, 9.17) is 0 Å². The molecule has 0 saturated heterocycles. The summed E-state index contributed by atoms with van der Waals surface area (Å²) >= 11 is 0. The quantitative estimate of drug-likeness (QED) is 0.201. The third-order valence-electron chi connectivity index (χ3n) is 10.5. The maximum absolute atomic E-state index is 2.61. The largest absolute Gasteiger partial charge is 0.295 e. The molecule has 0 saturated carbocycles. The van der Waals surface area contributed by atoms with Crippen LogP contribution in [0.15, 0.2) is 133 Å². The molecule has 44 heavy (non-hydrogen) atoms. The number of hydrogen-bond acceptors (Lipinski definition) is 1. The molecule has 0 amide bonds. The lowest BCUT2D eigenvalue weighted by atomic mass is 9.61. The van der Waals surface area contributed by atoms with Gasteiger partial charge in [0.1, 0.15) is 0 Å². The molecule has 0 atom stereocenters. The smallest absolute Gasteiger partial charge is 0.0719 e. The Morgan fingerprint density at radius 2 is 1.09 bits per heavy atom. The third kappa shape index (κ3) is 3.63. The van der Waals surface area contributed by atoms with Crippen LogP contribution in [0.1, 0.15) is 62.6 Å². The molecule has 3 aliphatic rings. The van der Waals surface area contributed by atoms with Crippen LogP contribution < -0.4 is 0 Å². The second kappa shape index (κ2) is 9.91. The number of fused-ring (bicyclic) bond motifs is 12. The highest BCUT2D eigenvalue weighted by atomic mass is 15.1. The topological polar surface area (TPSA) is 3.24 Å². The van der Waals surface area contributed by atoms with Gasteiger partial charge in [0, 0.05) is 13.1 Å². The van der Waals surface area contributed by atoms with Crippen LogP contribution in [0.5, 0.6) is 0 Å². The van der Waals surface area contributed by atoms with Crippen LogP contribution in [0, 0.1) is 0 Å². The summed E-state index contributed by atoms with van der Waals surface area (Å²) in [5, 5.41) is 0. The molecule has 0 fully saturated rings. The second-order valence-corrected chi connectivity index (χ2v) is 12.8. The third-order valence-corrected chi connectivity index (χ3v) is 10.5. The van der Waals surface area contributed by atoms with Crippen molar-refractivity contribution in [3.63, 3.8) is 0 Å². The normalized spacial score (nSPS) is 14.5. The Morgan fingerprint density at radius 3 is 1.84 bits per heavy atom. The maximum atomic E-state index is 2.61. The number of benzene rings is 6. The fraction of sp³-hybridized carbons (Fsp3) is 0.163. The van der Waals surface area contributed by atoms with Crippen molar-refractivity contribution in [2.45, 2.75) is 38.3 Å². The first kappa shape index (κ1) is 25.7. The van der Waals surface area contributed by atoms with E-state index < -0.39 is 0 Å². The van der Waals surface area contributed by atoms with Gasteiger partial charge in [-0.3, -0.25) is 4.90 Å². The fourth-order valence-electron chi connectivity index (χ4n) is 8.61. The Hall–Kier alpha value is -4.72. The van der Waals surface area contributed by atoms with Gasteiger partial charge in [-0.05, 0) is 97.3 Å². The number of hydrogen-bond donors (Lipinski definition) is 0. The van der Waals surface area contributed by atoms with Gasteiger partial charge in [-0.15, -0.1) is 0 Å². The minimum atomic E-state index is -0.297. The predicted octanol–water partition coefficient (Wildman–Crippen LogP) is 9.55. The molecule has 0 N–H and O–H groups in total. The first-order valence-corrected chi connectivity index (χ1v) is 16.1. The predicted molar refractivity (Wildman–Crippen MR) is 181 cm³/mol. The van der Waals surface area contributed by atoms with Crippen molar-refractivity contribution < 1.29 is 0 Å². The molecule has 212 valence electrons. The molecular formula is C43H35N. The van der Waals surface area contributed by atoms with Crippen molar-refractivity contribution >= 4 is 0 Å². The monoisotopic (exact) mass is 565 g/mol. The van der Waals surface area contributed by atoms with Crippen LogP contribution in [0.3, 0.4) is 0 Å². The van der Waals surface area contributed by atoms with E-state index in [1.54, 1.807) is 0 Å². The summed E-state index contributed by atoms with van der Waals surface area (Å²) in [5.41, 5.74) is 19.7. The molecule has 0 unspecified atom stereocenters. The van der Waals surface area contributed by atoms with Crippen LogP contribution in [-0.2, 0) is 31.3 Å². The molecule has 9 rings (SSSR count). The van der Waals surface area contributed by atoms with Gasteiger partial charge in [0.25, 0.3) is 0 Å². The van der Waals surface area contributed by atoms with E-state index in [-0.39, 0.29) is 5.41 Å². The van der Waals surface area contributed by atoms with E-state index in [1.807, 2.05) is 0 Å². The molecule has 0 bridgehead atoms. The van der Waals surface area contributed by atoms with Crippen LogP contribution in [0.4, 0.5) is 0 Å². The Balaban J connectivity index is 1.15. The van der Waals surface area contributed by atoms with Crippen LogP contribution >= 0.6 is 0 Å². The summed E-state index contributed by atoms with van der Waals surface area (Å²) in [5.74, 6) is 0. The minimum absolute atomic E-state index is 0.297. The van der Waals surface area contributed by atoms with Gasteiger partial charge >= 0.3 is 0 Å². The molecule has 1 heteroatoms. The van der Waals surface area contributed by atoms with Crippen LogP contribution in [0.25, 0.3) is 22.3 Å². The van der Waals surface area contributed by atoms with Crippen molar-refractivity contribution in [1.82, 2.24) is 4.90 Å². The molecule has 1 nitrogen and oxygen atoms in total. The minimum Gasteiger partial charge on any atom is -0.295 e. The van der Waals surface area contributed by atoms with Crippen molar-refractivity contribution in [3.8, 4) is 22.3 Å². The van der Waals surface area contributed by atoms with Gasteiger partial charge in [0.05, 0.1) is 5.41 Å². The zero-order chi connectivity index (χ0) is 29.3. The summed E-state index contributed by atoms with van der Waals surface area (Å²) in [6.07, 6.45) is 2.02. The van der Waals surface area contributed by atoms with E-state index >= 15 is 0 Å². The summed E-state index contributed by atoms with van der Waals surface area (Å²) in [4.78, 5) is 2.61. The SMILES string of the molecule is CCN(Cc1ccc2c(c1)C1(c3ccccc3C2)c2ccccc2-c2ccccc21)Cc1cccc2c1-c1ccccc1C2. The first-order valence-electron chi connectivity index (χ1n) is 16.1. The standard InChI is InChI=1S/C43H35N/c1-2-44(28-34-15-11-14-33-25-30-12-3-5-16-35(30)42(33)34)27-29-22-23-32-26-31-13-4-8-19-38(31)43(41(32)24-29)39-20-9-6-17-36(39)37-18-7-10-21-40(37)43/h3-24H,2,25-28H2,1H3. The molecule has 6 aromatic carbocycles. The van der Waals surface area contributed by atoms with Crippen molar-refractivity contribution in [1.29, 1.82) is 0 Å². The number of rotatable bonds is 5. The Labute approximate surface area is 260 Å². The van der Waals surface area contributed by atoms with Crippen LogP contribution in [0.2, 0.25) is 0 Å². The average molecular weight is 566 g/mol. The van der Waals surface area contributed by atoms with Crippen LogP contribution in [-0.4, -0.2) is 11.4 Å².